The van der Waals surface area contributed by atoms with Crippen LogP contribution in [0.4, 0.5) is 0 Å². The van der Waals surface area contributed by atoms with Crippen molar-refractivity contribution in [1.82, 2.24) is 0 Å². The molecular weight excluding hydrogens is 320 g/mol. The predicted molar refractivity (Wildman–Crippen MR) is 100 cm³/mol. The highest BCUT2D eigenvalue weighted by molar-refractivity contribution is 7.89. The lowest BCUT2D eigenvalue weighted by atomic mass is 10.1. The van der Waals surface area contributed by atoms with Crippen molar-refractivity contribution in [3.8, 4) is 0 Å². The van der Waals surface area contributed by atoms with Gasteiger partial charge >= 0.3 is 0 Å². The third-order valence-electron chi connectivity index (χ3n) is 3.41. The quantitative estimate of drug-likeness (QED) is 0.805. The molecule has 0 aromatic heterocycles. The van der Waals surface area contributed by atoms with Gasteiger partial charge in [-0.15, -0.1) is 0 Å². The van der Waals surface area contributed by atoms with Crippen LogP contribution in [0.2, 0.25) is 19.6 Å². The number of hydrogen-bond acceptors (Lipinski definition) is 2. The van der Waals surface area contributed by atoms with Crippen molar-refractivity contribution in [3.05, 3.63) is 76.3 Å². The van der Waals surface area contributed by atoms with Crippen LogP contribution < -0.4 is 0 Å². The first-order chi connectivity index (χ1) is 10.8. The van der Waals surface area contributed by atoms with Crippen molar-refractivity contribution < 1.29 is 9.32 Å². The van der Waals surface area contributed by atoms with E-state index in [0.29, 0.717) is 4.91 Å². The summed E-state index contributed by atoms with van der Waals surface area (Å²) in [6, 6.07) is 17.1. The normalized spacial score (nSPS) is 15.3. The van der Waals surface area contributed by atoms with Crippen molar-refractivity contribution in [2.75, 3.05) is 0 Å². The summed E-state index contributed by atoms with van der Waals surface area (Å²) in [5.41, 5.74) is 3.96. The van der Waals surface area contributed by atoms with Gasteiger partial charge < -0.3 is 5.11 Å². The summed E-state index contributed by atoms with van der Waals surface area (Å²) in [5, 5.41) is 10.8. The maximum Gasteiger partial charge on any atom is 0.112 e. The molecule has 0 aliphatic heterocycles. The van der Waals surface area contributed by atoms with Gasteiger partial charge in [0.2, 0.25) is 0 Å². The molecule has 1 N–H and O–H groups in total. The molecule has 0 fully saturated rings. The number of aliphatic hydroxyl groups excluding tert-OH is 1. The van der Waals surface area contributed by atoms with Gasteiger partial charge in [-0.3, -0.25) is 0 Å². The molecule has 2 aromatic carbocycles. The second-order valence-electron chi connectivity index (χ2n) is 6.81. The summed E-state index contributed by atoms with van der Waals surface area (Å²) in [5.74, 6) is 0. The zero-order chi connectivity index (χ0) is 17.0. The molecule has 0 heterocycles. The fourth-order valence-electron chi connectivity index (χ4n) is 2.26. The monoisotopic (exact) mass is 344 g/mol. The van der Waals surface area contributed by atoms with Crippen LogP contribution in [0.5, 0.6) is 0 Å². The van der Waals surface area contributed by atoms with Crippen LogP contribution in [0, 0.1) is 6.92 Å². The number of benzene rings is 2. The lowest BCUT2D eigenvalue weighted by molar-refractivity contribution is 0.224. The average molecular weight is 345 g/mol. The van der Waals surface area contributed by atoms with Crippen molar-refractivity contribution >= 4 is 18.9 Å². The van der Waals surface area contributed by atoms with Gasteiger partial charge in [-0.05, 0) is 24.6 Å². The van der Waals surface area contributed by atoms with E-state index in [1.165, 1.54) is 0 Å². The minimum absolute atomic E-state index is 0.596. The molecule has 122 valence electrons. The first kappa shape index (κ1) is 17.9. The molecular formula is C19H24O2SSi. The zero-order valence-electron chi connectivity index (χ0n) is 14.1. The van der Waals surface area contributed by atoms with Crippen molar-refractivity contribution in [2.45, 2.75) is 37.6 Å². The fraction of sp³-hybridized carbons (Fsp3) is 0.263. The minimum Gasteiger partial charge on any atom is -0.383 e. The Hall–Kier alpha value is -1.49. The van der Waals surface area contributed by atoms with E-state index in [4.69, 9.17) is 0 Å². The van der Waals surface area contributed by atoms with E-state index in [0.717, 1.165) is 16.0 Å². The molecule has 2 aromatic rings. The van der Waals surface area contributed by atoms with E-state index in [-0.39, 0.29) is 0 Å². The number of hydrogen-bond donors (Lipinski definition) is 1. The molecule has 2 rings (SSSR count). The van der Waals surface area contributed by atoms with Crippen LogP contribution >= 0.6 is 0 Å². The van der Waals surface area contributed by atoms with Gasteiger partial charge in [-0.2, -0.15) is 0 Å². The van der Waals surface area contributed by atoms with E-state index in [1.807, 2.05) is 61.5 Å². The summed E-state index contributed by atoms with van der Waals surface area (Å²) >= 11 is 0. The average Bonchev–Trinajstić information content (AvgIpc) is 2.52. The molecule has 0 saturated heterocycles. The van der Waals surface area contributed by atoms with Gasteiger partial charge in [0, 0.05) is 9.80 Å². The molecule has 0 amide bonds. The predicted octanol–water partition coefficient (Wildman–Crippen LogP) is 4.60. The van der Waals surface area contributed by atoms with E-state index in [2.05, 4.69) is 25.3 Å². The molecule has 0 radical (unpaired) electrons. The highest BCUT2D eigenvalue weighted by Crippen LogP contribution is 2.29. The van der Waals surface area contributed by atoms with Crippen LogP contribution in [-0.4, -0.2) is 17.4 Å². The second kappa shape index (κ2) is 7.38. The van der Waals surface area contributed by atoms with Crippen molar-refractivity contribution in [2.24, 2.45) is 0 Å². The number of rotatable bonds is 5. The van der Waals surface area contributed by atoms with E-state index >= 15 is 0 Å². The van der Waals surface area contributed by atoms with Gasteiger partial charge in [0.25, 0.3) is 0 Å². The van der Waals surface area contributed by atoms with Crippen LogP contribution in [0.1, 0.15) is 17.2 Å². The zero-order valence-corrected chi connectivity index (χ0v) is 15.9. The third-order valence-corrected chi connectivity index (χ3v) is 6.27. The summed E-state index contributed by atoms with van der Waals surface area (Å²) in [4.78, 5) is 1.33. The molecule has 2 atom stereocenters. The largest absolute Gasteiger partial charge is 0.383 e. The van der Waals surface area contributed by atoms with Gasteiger partial charge in [-0.1, -0.05) is 73.4 Å². The van der Waals surface area contributed by atoms with Crippen LogP contribution in [0.15, 0.2) is 70.1 Å². The van der Waals surface area contributed by atoms with E-state index in [1.54, 1.807) is 0 Å². The molecule has 0 saturated carbocycles. The van der Waals surface area contributed by atoms with E-state index < -0.39 is 25.0 Å². The fourth-order valence-corrected chi connectivity index (χ4v) is 5.75. The van der Waals surface area contributed by atoms with Crippen LogP contribution in [-0.2, 0) is 10.8 Å². The van der Waals surface area contributed by atoms with Gasteiger partial charge in [-0.25, -0.2) is 4.21 Å². The smallest absolute Gasteiger partial charge is 0.112 e. The first-order valence-corrected chi connectivity index (χ1v) is 12.4. The second-order valence-corrected chi connectivity index (χ2v) is 13.3. The Morgan fingerprint density at radius 2 is 1.61 bits per heavy atom. The van der Waals surface area contributed by atoms with Crippen LogP contribution in [0.3, 0.4) is 0 Å². The molecule has 0 unspecified atom stereocenters. The van der Waals surface area contributed by atoms with Crippen LogP contribution in [0.25, 0.3) is 0 Å². The molecule has 4 heteroatoms. The standard InChI is InChI=1S/C19H24O2SSi/c1-15-10-12-17(13-11-15)22(21)18(14-23(2,3)4)19(20)16-8-6-5-7-9-16/h5-14,19-20H,1-4H3/b18-14+/t19-,22+/m1/s1. The van der Waals surface area contributed by atoms with E-state index in [9.17, 15) is 9.32 Å². The molecule has 2 nitrogen and oxygen atoms in total. The lowest BCUT2D eigenvalue weighted by Crippen LogP contribution is -2.20. The Kier molecular flexibility index (Phi) is 5.73. The molecule has 23 heavy (non-hydrogen) atoms. The Bertz CT molecular complexity index is 700. The SMILES string of the molecule is Cc1ccc([S@](=O)/C(=C/[Si](C)(C)C)[C@H](O)c2ccccc2)cc1. The third kappa shape index (κ3) is 4.99. The number of aryl methyl sites for hydroxylation is 1. The Morgan fingerprint density at radius 1 is 1.04 bits per heavy atom. The summed E-state index contributed by atoms with van der Waals surface area (Å²) in [6.07, 6.45) is -0.843. The lowest BCUT2D eigenvalue weighted by Gasteiger charge is -2.19. The van der Waals surface area contributed by atoms with Gasteiger partial charge in [0.05, 0.1) is 18.9 Å². The summed E-state index contributed by atoms with van der Waals surface area (Å²) < 4.78 is 13.1. The Balaban J connectivity index is 2.44. The molecule has 0 spiro atoms. The maximum absolute atomic E-state index is 13.1. The summed E-state index contributed by atoms with van der Waals surface area (Å²) in [6.45, 7) is 8.54. The Labute approximate surface area is 142 Å². The maximum atomic E-state index is 13.1. The van der Waals surface area contributed by atoms with Crippen molar-refractivity contribution in [1.29, 1.82) is 0 Å². The topological polar surface area (TPSA) is 37.3 Å². The molecule has 0 bridgehead atoms. The first-order valence-electron chi connectivity index (χ1n) is 7.72. The van der Waals surface area contributed by atoms with Gasteiger partial charge in [0.15, 0.2) is 0 Å². The molecule has 0 aliphatic carbocycles. The highest BCUT2D eigenvalue weighted by Gasteiger charge is 2.24. The molecule has 0 aliphatic rings. The van der Waals surface area contributed by atoms with Gasteiger partial charge in [0.1, 0.15) is 6.10 Å². The highest BCUT2D eigenvalue weighted by atomic mass is 32.2. The number of aliphatic hydroxyl groups is 1. The summed E-state index contributed by atoms with van der Waals surface area (Å²) in [7, 11) is -3.00. The Morgan fingerprint density at radius 3 is 2.13 bits per heavy atom. The van der Waals surface area contributed by atoms with Crippen molar-refractivity contribution in [3.63, 3.8) is 0 Å². The minimum atomic E-state index is -1.64.